The minimum Gasteiger partial charge on any atom is -0.748 e. The molecule has 376 valence electrons. The van der Waals surface area contributed by atoms with E-state index < -0.39 is 174 Å². The topological polar surface area (TPSA) is 490 Å². The monoisotopic (exact) mass is 1030 g/mol. The lowest BCUT2D eigenvalue weighted by Crippen LogP contribution is -2.70. The van der Waals surface area contributed by atoms with Crippen molar-refractivity contribution < 1.29 is 149 Å². The first-order chi connectivity index (χ1) is 29.9. The van der Waals surface area contributed by atoms with Crippen LogP contribution in [0.3, 0.4) is 0 Å². The van der Waals surface area contributed by atoms with Crippen molar-refractivity contribution in [1.29, 1.82) is 0 Å². The van der Waals surface area contributed by atoms with Gasteiger partial charge in [0.2, 0.25) is 5.91 Å². The summed E-state index contributed by atoms with van der Waals surface area (Å²) in [6.45, 7) is -1.43. The molecule has 0 saturated carbocycles. The molecule has 0 aliphatic carbocycles. The first kappa shape index (κ1) is 55.4. The second-order valence-corrected chi connectivity index (χ2v) is 16.6. The van der Waals surface area contributed by atoms with Crippen LogP contribution < -0.4 is 10.8 Å². The maximum Gasteiger partial charge on any atom is 0.397 e. The Balaban J connectivity index is 1.68. The summed E-state index contributed by atoms with van der Waals surface area (Å²) in [5, 5.41) is 90.1. The third-order valence-electron chi connectivity index (χ3n) is 9.34. The standard InChI is InChI=1S/C26H46N2O32S4/c1-6(30)27-9-11(31)15(51-25-13(33)12(32)18(46-2)21(35)54-25)8(5-48-63(40,41)42)50-24(9)53-19-14(34)20(57-64(43,44)45)26(55-22(19)36)52-16-7(4-29)49-23(47-3)10(28-58-62(38)39)17(16)56-61-60-59-37/h7-26,28-29,31-37H,4-5H2,1-3H3,(H,27,30)(H,38,39)(H,40,41,42)(H,43,44,45)/p-1. The van der Waals surface area contributed by atoms with Gasteiger partial charge in [0, 0.05) is 21.1 Å². The summed E-state index contributed by atoms with van der Waals surface area (Å²) in [5.74, 6) is -0.966. The van der Waals surface area contributed by atoms with E-state index in [1.807, 2.05) is 5.48 Å². The number of amides is 1. The second kappa shape index (κ2) is 24.4. The lowest BCUT2D eigenvalue weighted by molar-refractivity contribution is -0.435. The summed E-state index contributed by atoms with van der Waals surface area (Å²) in [7, 11) is -8.92. The Kier molecular flexibility index (Phi) is 21.1. The minimum atomic E-state index is -5.68. The third kappa shape index (κ3) is 14.7. The smallest absolute Gasteiger partial charge is 0.397 e. The highest BCUT2D eigenvalue weighted by atomic mass is 32.3. The van der Waals surface area contributed by atoms with Crippen LogP contribution in [0, 0.1) is 0 Å². The van der Waals surface area contributed by atoms with Crippen molar-refractivity contribution in [3.05, 3.63) is 0 Å². The molecule has 4 saturated heterocycles. The fourth-order valence-electron chi connectivity index (χ4n) is 6.67. The van der Waals surface area contributed by atoms with Gasteiger partial charge in [-0.15, -0.1) is 4.33 Å². The van der Waals surface area contributed by atoms with Crippen LogP contribution in [0.1, 0.15) is 6.92 Å². The van der Waals surface area contributed by atoms with Crippen molar-refractivity contribution in [2.24, 2.45) is 0 Å². The average Bonchev–Trinajstić information content (AvgIpc) is 3.20. The molecule has 34 nitrogen and oxygen atoms in total. The van der Waals surface area contributed by atoms with E-state index in [0.29, 0.717) is 0 Å². The summed E-state index contributed by atoms with van der Waals surface area (Å²) < 4.78 is 160. The number of methoxy groups -OCH3 is 2. The highest BCUT2D eigenvalue weighted by Gasteiger charge is 2.57. The van der Waals surface area contributed by atoms with Crippen LogP contribution in [-0.2, 0) is 106 Å². The maximum atomic E-state index is 12.4. The molecule has 64 heavy (non-hydrogen) atoms. The predicted molar refractivity (Wildman–Crippen MR) is 188 cm³/mol. The Morgan fingerprint density at radius 3 is 1.89 bits per heavy atom. The highest BCUT2D eigenvalue weighted by Crippen LogP contribution is 2.37. The van der Waals surface area contributed by atoms with Crippen molar-refractivity contribution in [3.8, 4) is 0 Å². The lowest BCUT2D eigenvalue weighted by Gasteiger charge is -2.50. The molecule has 1 amide bonds. The number of aliphatic hydroxyl groups excluding tert-OH is 7. The van der Waals surface area contributed by atoms with Crippen molar-refractivity contribution in [1.82, 2.24) is 10.8 Å². The molecule has 4 rings (SSSR count). The second-order valence-electron chi connectivity index (χ2n) is 13.4. The molecule has 4 aliphatic rings. The van der Waals surface area contributed by atoms with E-state index in [1.165, 1.54) is 0 Å². The fourth-order valence-corrected chi connectivity index (χ4v) is 8.02. The quantitative estimate of drug-likeness (QED) is 0.0120. The zero-order chi connectivity index (χ0) is 47.8. The van der Waals surface area contributed by atoms with Gasteiger partial charge < -0.3 is 88.2 Å². The van der Waals surface area contributed by atoms with Gasteiger partial charge in [0.25, 0.3) is 0 Å². The Morgan fingerprint density at radius 1 is 0.719 bits per heavy atom. The molecular formula is C26H45N2O32S4-. The lowest BCUT2D eigenvalue weighted by atomic mass is 9.95. The Labute approximate surface area is 367 Å². The molecular weight excluding hydrogens is 981 g/mol. The summed E-state index contributed by atoms with van der Waals surface area (Å²) in [5.41, 5.74) is 1.98. The zero-order valence-electron chi connectivity index (χ0n) is 32.5. The van der Waals surface area contributed by atoms with Crippen molar-refractivity contribution in [2.75, 3.05) is 27.4 Å². The van der Waals surface area contributed by atoms with Gasteiger partial charge in [-0.25, -0.2) is 22.1 Å². The number of carbonyl (C=O) groups is 1. The molecule has 0 aromatic rings. The third-order valence-corrected chi connectivity index (χ3v) is 10.9. The largest absolute Gasteiger partial charge is 0.748 e. The summed E-state index contributed by atoms with van der Waals surface area (Å²) in [6, 6.07) is -3.62. The van der Waals surface area contributed by atoms with E-state index in [9.17, 15) is 75.2 Å². The van der Waals surface area contributed by atoms with Crippen molar-refractivity contribution >= 4 is 50.4 Å². The molecule has 38 heteroatoms. The van der Waals surface area contributed by atoms with E-state index in [4.69, 9.17) is 52.1 Å². The number of aliphatic hydroxyl groups is 7. The van der Waals surface area contributed by atoms with Crippen LogP contribution in [0.15, 0.2) is 0 Å². The van der Waals surface area contributed by atoms with Crippen LogP contribution in [0.25, 0.3) is 0 Å². The van der Waals surface area contributed by atoms with Gasteiger partial charge in [0.1, 0.15) is 90.6 Å². The van der Waals surface area contributed by atoms with E-state index in [2.05, 4.69) is 27.3 Å². The Hall–Kier alpha value is -1.21. The highest BCUT2D eigenvalue weighted by molar-refractivity contribution is 7.89. The van der Waals surface area contributed by atoms with E-state index in [-0.39, 0.29) is 12.3 Å². The van der Waals surface area contributed by atoms with E-state index in [0.717, 1.165) is 21.1 Å². The molecule has 0 radical (unpaired) electrons. The summed E-state index contributed by atoms with van der Waals surface area (Å²) in [4.78, 5) is 12.4. The molecule has 0 aromatic carbocycles. The van der Waals surface area contributed by atoms with Gasteiger partial charge in [0.05, 0.1) is 13.2 Å². The number of carbonyl (C=O) groups excluding carboxylic acids is 1. The number of hydrogen-bond acceptors (Lipinski definition) is 32. The van der Waals surface area contributed by atoms with Gasteiger partial charge in [-0.3, -0.25) is 18.1 Å². The molecule has 12 N–H and O–H groups in total. The van der Waals surface area contributed by atoms with E-state index in [1.54, 1.807) is 0 Å². The van der Waals surface area contributed by atoms with Crippen LogP contribution in [0.2, 0.25) is 0 Å². The number of rotatable bonds is 22. The normalized spacial score (nSPS) is 41.7. The Morgan fingerprint density at radius 2 is 1.33 bits per heavy atom. The first-order valence-electron chi connectivity index (χ1n) is 17.6. The van der Waals surface area contributed by atoms with Gasteiger partial charge in [0.15, 0.2) is 56.2 Å². The molecule has 21 unspecified atom stereocenters. The Bertz CT molecular complexity index is 1720. The van der Waals surface area contributed by atoms with Gasteiger partial charge in [-0.2, -0.15) is 22.3 Å². The SMILES string of the molecule is COC1OC(CO)C(OC2OC(O)C(OC3OC(COS(=O)(=O)O)C(OC4OC(O)C(OC)C(O)C4O)C(O)C3NC(C)=O)C(O)C2OS(=O)(=O)O)C(OSOOO)C1NOS(=O)[O-]. The van der Waals surface area contributed by atoms with E-state index >= 15 is 0 Å². The average molecular weight is 1030 g/mol. The van der Waals surface area contributed by atoms with Gasteiger partial charge >= 0.3 is 20.8 Å². The molecule has 4 heterocycles. The number of nitrogens with one attached hydrogen (secondary N) is 2. The predicted octanol–water partition coefficient (Wildman–Crippen LogP) is -8.40. The first-order valence-corrected chi connectivity index (χ1v) is 22.0. The van der Waals surface area contributed by atoms with Crippen molar-refractivity contribution in [3.63, 3.8) is 0 Å². The molecule has 4 fully saturated rings. The number of hydroxylamine groups is 1. The van der Waals surface area contributed by atoms with Gasteiger partial charge in [-0.1, -0.05) is 5.04 Å². The molecule has 0 spiro atoms. The van der Waals surface area contributed by atoms with Crippen LogP contribution in [0.5, 0.6) is 0 Å². The molecule has 4 aliphatic heterocycles. The molecule has 0 bridgehead atoms. The van der Waals surface area contributed by atoms with Crippen molar-refractivity contribution in [2.45, 2.75) is 130 Å². The fraction of sp³-hybridized carbons (Fsp3) is 0.962. The maximum absolute atomic E-state index is 12.4. The van der Waals surface area contributed by atoms with Crippen LogP contribution in [0.4, 0.5) is 0 Å². The molecule has 21 atom stereocenters. The molecule has 0 aromatic heterocycles. The minimum absolute atomic E-state index is 0.157. The number of hydrogen-bond donors (Lipinski definition) is 12. The summed E-state index contributed by atoms with van der Waals surface area (Å²) >= 11 is -3.43. The zero-order valence-corrected chi connectivity index (χ0v) is 35.8. The van der Waals surface area contributed by atoms with Gasteiger partial charge in [-0.05, 0) is 0 Å². The van der Waals surface area contributed by atoms with Crippen LogP contribution in [-0.4, -0.2) is 232 Å². The number of ether oxygens (including phenoxy) is 9. The summed E-state index contributed by atoms with van der Waals surface area (Å²) in [6.07, 6.45) is -37.7. The van der Waals surface area contributed by atoms with Crippen LogP contribution >= 0.6 is 12.3 Å².